The normalized spacial score (nSPS) is 23.0. The van der Waals surface area contributed by atoms with E-state index in [-0.39, 0.29) is 6.10 Å². The number of rotatable bonds is 5. The third-order valence-electron chi connectivity index (χ3n) is 4.16. The van der Waals surface area contributed by atoms with Gasteiger partial charge in [0.15, 0.2) is 0 Å². The highest BCUT2D eigenvalue weighted by atomic mass is 32.1. The van der Waals surface area contributed by atoms with Crippen molar-refractivity contribution in [3.05, 3.63) is 39.3 Å². The average molecular weight is 305 g/mol. The van der Waals surface area contributed by atoms with Gasteiger partial charge in [-0.25, -0.2) is 0 Å². The highest BCUT2D eigenvalue weighted by Gasteiger charge is 2.31. The second-order valence-electron chi connectivity index (χ2n) is 5.99. The molecule has 0 aromatic carbocycles. The number of thiophene rings is 1. The third-order valence-corrected chi connectivity index (χ3v) is 5.37. The number of H-pyrrole nitrogens is 1. The molecule has 0 unspecified atom stereocenters. The molecule has 0 saturated carbocycles. The maximum atomic E-state index is 10.3. The molecule has 0 aliphatic carbocycles. The Morgan fingerprint density at radius 3 is 2.86 bits per heavy atom. The summed E-state index contributed by atoms with van der Waals surface area (Å²) in [5, 5.41) is 17.5. The Bertz CT molecular complexity index is 592. The van der Waals surface area contributed by atoms with Gasteiger partial charge >= 0.3 is 0 Å². The average Bonchev–Trinajstić information content (AvgIpc) is 3.14. The maximum absolute atomic E-state index is 10.3. The molecule has 2 N–H and O–H groups in total. The monoisotopic (exact) mass is 305 g/mol. The standard InChI is InChI=1S/C16H23N3OS/c1-3-14-4-5-15(21-14)9-19-8-12(16(20)10-19)7-13-6-11(2)17-18-13/h4-6,12,16,20H,3,7-10H2,1-2H3,(H,17,18)/t12-,16-/m1/s1. The van der Waals surface area contributed by atoms with Crippen LogP contribution in [0, 0.1) is 12.8 Å². The van der Waals surface area contributed by atoms with Crippen LogP contribution >= 0.6 is 11.3 Å². The fourth-order valence-electron chi connectivity index (χ4n) is 3.04. The molecular weight excluding hydrogens is 282 g/mol. The number of aliphatic hydroxyl groups is 1. The molecule has 114 valence electrons. The highest BCUT2D eigenvalue weighted by Crippen LogP contribution is 2.25. The van der Waals surface area contributed by atoms with Crippen LogP contribution in [-0.2, 0) is 19.4 Å². The van der Waals surface area contributed by atoms with Gasteiger partial charge in [0, 0.05) is 41.0 Å². The summed E-state index contributed by atoms with van der Waals surface area (Å²) in [5.74, 6) is 0.290. The van der Waals surface area contributed by atoms with Crippen LogP contribution in [-0.4, -0.2) is 39.4 Å². The van der Waals surface area contributed by atoms with Gasteiger partial charge in [-0.3, -0.25) is 10.00 Å². The fraction of sp³-hybridized carbons (Fsp3) is 0.562. The van der Waals surface area contributed by atoms with Crippen LogP contribution in [0.2, 0.25) is 0 Å². The first kappa shape index (κ1) is 14.8. The summed E-state index contributed by atoms with van der Waals surface area (Å²) in [6.45, 7) is 6.88. The lowest BCUT2D eigenvalue weighted by Gasteiger charge is -2.14. The molecule has 0 spiro atoms. The van der Waals surface area contributed by atoms with Gasteiger partial charge in [0.1, 0.15) is 0 Å². The second-order valence-corrected chi connectivity index (χ2v) is 7.24. The molecule has 2 atom stereocenters. The van der Waals surface area contributed by atoms with Gasteiger partial charge in [0.05, 0.1) is 11.8 Å². The van der Waals surface area contributed by atoms with Gasteiger partial charge < -0.3 is 5.11 Å². The SMILES string of the molecule is CCc1ccc(CN2C[C@@H](Cc3cc(C)[nH]n3)[C@H](O)C2)s1. The number of likely N-dealkylation sites (tertiary alicyclic amines) is 1. The number of aromatic nitrogens is 2. The van der Waals surface area contributed by atoms with E-state index >= 15 is 0 Å². The van der Waals surface area contributed by atoms with Crippen LogP contribution in [0.4, 0.5) is 0 Å². The van der Waals surface area contributed by atoms with Crippen molar-refractivity contribution >= 4 is 11.3 Å². The minimum Gasteiger partial charge on any atom is -0.391 e. The first-order valence-corrected chi connectivity index (χ1v) is 8.44. The minimum atomic E-state index is -0.243. The summed E-state index contributed by atoms with van der Waals surface area (Å²) in [6, 6.07) is 6.51. The van der Waals surface area contributed by atoms with Crippen molar-refractivity contribution in [2.75, 3.05) is 13.1 Å². The lowest BCUT2D eigenvalue weighted by atomic mass is 10.0. The Morgan fingerprint density at radius 1 is 1.38 bits per heavy atom. The molecule has 1 aliphatic heterocycles. The highest BCUT2D eigenvalue weighted by molar-refractivity contribution is 7.11. The minimum absolute atomic E-state index is 0.243. The Labute approximate surface area is 129 Å². The molecule has 0 amide bonds. The molecule has 1 saturated heterocycles. The van der Waals surface area contributed by atoms with E-state index in [1.807, 2.05) is 18.3 Å². The number of aryl methyl sites for hydroxylation is 2. The van der Waals surface area contributed by atoms with Gasteiger partial charge in [0.2, 0.25) is 0 Å². The molecular formula is C16H23N3OS. The summed E-state index contributed by atoms with van der Waals surface area (Å²) in [6.07, 6.45) is 1.72. The number of nitrogens with one attached hydrogen (secondary N) is 1. The number of hydrogen-bond donors (Lipinski definition) is 2. The predicted molar refractivity (Wildman–Crippen MR) is 85.5 cm³/mol. The number of nitrogens with zero attached hydrogens (tertiary/aromatic N) is 2. The van der Waals surface area contributed by atoms with Gasteiger partial charge in [-0.05, 0) is 38.0 Å². The fourth-order valence-corrected chi connectivity index (χ4v) is 4.04. The molecule has 0 radical (unpaired) electrons. The Hall–Kier alpha value is -1.17. The Morgan fingerprint density at radius 2 is 2.19 bits per heavy atom. The second kappa shape index (κ2) is 6.30. The predicted octanol–water partition coefficient (Wildman–Crippen LogP) is 2.38. The largest absolute Gasteiger partial charge is 0.391 e. The third kappa shape index (κ3) is 3.54. The van der Waals surface area contributed by atoms with Crippen LogP contribution in [0.5, 0.6) is 0 Å². The van der Waals surface area contributed by atoms with Crippen molar-refractivity contribution in [1.29, 1.82) is 0 Å². The van der Waals surface area contributed by atoms with Crippen molar-refractivity contribution in [2.24, 2.45) is 5.92 Å². The van der Waals surface area contributed by atoms with Gasteiger partial charge in [-0.1, -0.05) is 6.92 Å². The first-order chi connectivity index (χ1) is 10.1. The van der Waals surface area contributed by atoms with Crippen molar-refractivity contribution in [3.63, 3.8) is 0 Å². The van der Waals surface area contributed by atoms with Crippen molar-refractivity contribution in [3.8, 4) is 0 Å². The summed E-state index contributed by atoms with van der Waals surface area (Å²) in [4.78, 5) is 5.20. The zero-order valence-electron chi connectivity index (χ0n) is 12.7. The van der Waals surface area contributed by atoms with Crippen LogP contribution in [0.25, 0.3) is 0 Å². The van der Waals surface area contributed by atoms with Crippen LogP contribution in [0.15, 0.2) is 18.2 Å². The van der Waals surface area contributed by atoms with Crippen molar-refractivity contribution < 1.29 is 5.11 Å². The molecule has 3 heterocycles. The molecule has 1 aliphatic rings. The van der Waals surface area contributed by atoms with E-state index in [4.69, 9.17) is 0 Å². The molecule has 2 aromatic heterocycles. The van der Waals surface area contributed by atoms with E-state index < -0.39 is 0 Å². The topological polar surface area (TPSA) is 52.2 Å². The van der Waals surface area contributed by atoms with E-state index in [2.05, 4.69) is 40.2 Å². The molecule has 5 heteroatoms. The van der Waals surface area contributed by atoms with Crippen LogP contribution < -0.4 is 0 Å². The smallest absolute Gasteiger partial charge is 0.0711 e. The quantitative estimate of drug-likeness (QED) is 0.892. The molecule has 21 heavy (non-hydrogen) atoms. The summed E-state index contributed by atoms with van der Waals surface area (Å²) >= 11 is 1.89. The van der Waals surface area contributed by atoms with Gasteiger partial charge in [0.25, 0.3) is 0 Å². The number of aromatic amines is 1. The number of β-amino-alcohol motifs (C(OH)–C–C–N with tert-alkyl or cyclic N) is 1. The van der Waals surface area contributed by atoms with E-state index in [9.17, 15) is 5.11 Å². The first-order valence-electron chi connectivity index (χ1n) is 7.63. The molecule has 0 bridgehead atoms. The van der Waals surface area contributed by atoms with E-state index in [1.54, 1.807) is 0 Å². The summed E-state index contributed by atoms with van der Waals surface area (Å²) < 4.78 is 0. The Balaban J connectivity index is 1.57. The lowest BCUT2D eigenvalue weighted by molar-refractivity contribution is 0.140. The van der Waals surface area contributed by atoms with Gasteiger partial charge in [-0.2, -0.15) is 5.10 Å². The maximum Gasteiger partial charge on any atom is 0.0711 e. The molecule has 3 rings (SSSR count). The van der Waals surface area contributed by atoms with Crippen molar-refractivity contribution in [2.45, 2.75) is 39.3 Å². The zero-order chi connectivity index (χ0) is 14.8. The summed E-state index contributed by atoms with van der Waals surface area (Å²) in [5.41, 5.74) is 2.14. The molecule has 2 aromatic rings. The zero-order valence-corrected chi connectivity index (χ0v) is 13.5. The Kier molecular flexibility index (Phi) is 4.42. The number of aliphatic hydroxyl groups excluding tert-OH is 1. The number of hydrogen-bond acceptors (Lipinski definition) is 4. The van der Waals surface area contributed by atoms with Gasteiger partial charge in [-0.15, -0.1) is 11.3 Å². The summed E-state index contributed by atoms with van der Waals surface area (Å²) in [7, 11) is 0. The lowest BCUT2D eigenvalue weighted by Crippen LogP contribution is -2.20. The van der Waals surface area contributed by atoms with Crippen LogP contribution in [0.1, 0.15) is 28.1 Å². The molecule has 4 nitrogen and oxygen atoms in total. The van der Waals surface area contributed by atoms with E-state index in [1.165, 1.54) is 9.75 Å². The van der Waals surface area contributed by atoms with E-state index in [0.29, 0.717) is 5.92 Å². The van der Waals surface area contributed by atoms with E-state index in [0.717, 1.165) is 43.9 Å². The molecule has 1 fully saturated rings. The van der Waals surface area contributed by atoms with Crippen LogP contribution in [0.3, 0.4) is 0 Å². The van der Waals surface area contributed by atoms with Crippen molar-refractivity contribution in [1.82, 2.24) is 15.1 Å².